The Kier molecular flexibility index (Phi) is 3.52. The molecule has 0 aliphatic carbocycles. The van der Waals surface area contributed by atoms with E-state index < -0.39 is 5.97 Å². The van der Waals surface area contributed by atoms with Crippen LogP contribution in [0.25, 0.3) is 10.9 Å². The molecule has 0 fully saturated rings. The van der Waals surface area contributed by atoms with Gasteiger partial charge in [0.15, 0.2) is 0 Å². The van der Waals surface area contributed by atoms with Gasteiger partial charge in [-0.2, -0.15) is 0 Å². The van der Waals surface area contributed by atoms with E-state index in [2.05, 4.69) is 5.92 Å². The first-order valence-corrected chi connectivity index (χ1v) is 5.91. The highest BCUT2D eigenvalue weighted by Gasteiger charge is 2.18. The highest BCUT2D eigenvalue weighted by molar-refractivity contribution is 6.42. The number of fused-ring (bicyclic) bond motifs is 1. The van der Waals surface area contributed by atoms with Crippen molar-refractivity contribution in [3.05, 3.63) is 44.2 Å². The zero-order chi connectivity index (χ0) is 14.2. The summed E-state index contributed by atoms with van der Waals surface area (Å²) in [7, 11) is 0. The minimum absolute atomic E-state index is 0.0132. The first-order chi connectivity index (χ1) is 8.97. The minimum Gasteiger partial charge on any atom is -0.478 e. The fourth-order valence-electron chi connectivity index (χ4n) is 1.82. The zero-order valence-electron chi connectivity index (χ0n) is 9.48. The number of terminal acetylenes is 1. The summed E-state index contributed by atoms with van der Waals surface area (Å²) in [4.78, 5) is 22.8. The molecule has 0 aliphatic heterocycles. The molecule has 0 amide bonds. The van der Waals surface area contributed by atoms with Gasteiger partial charge in [-0.1, -0.05) is 29.1 Å². The number of nitrogens with zero attached hydrogens (tertiary/aromatic N) is 1. The van der Waals surface area contributed by atoms with Crippen molar-refractivity contribution in [2.45, 2.75) is 6.54 Å². The van der Waals surface area contributed by atoms with Crippen molar-refractivity contribution in [2.75, 3.05) is 0 Å². The van der Waals surface area contributed by atoms with Gasteiger partial charge in [-0.3, -0.25) is 9.36 Å². The highest BCUT2D eigenvalue weighted by atomic mass is 35.5. The fraction of sp³-hybridized carbons (Fsp3) is 0.0769. The molecule has 96 valence electrons. The van der Waals surface area contributed by atoms with Crippen LogP contribution in [0.5, 0.6) is 0 Å². The van der Waals surface area contributed by atoms with Crippen LogP contribution in [-0.2, 0) is 6.54 Å². The Labute approximate surface area is 118 Å². The van der Waals surface area contributed by atoms with Gasteiger partial charge in [0.2, 0.25) is 0 Å². The topological polar surface area (TPSA) is 59.3 Å². The Morgan fingerprint density at radius 1 is 1.42 bits per heavy atom. The lowest BCUT2D eigenvalue weighted by atomic mass is 10.1. The number of rotatable bonds is 2. The molecule has 1 aromatic heterocycles. The third kappa shape index (κ3) is 2.19. The van der Waals surface area contributed by atoms with E-state index >= 15 is 0 Å². The van der Waals surface area contributed by atoms with E-state index in [4.69, 9.17) is 34.7 Å². The summed E-state index contributed by atoms with van der Waals surface area (Å²) in [5.74, 6) is 1.12. The van der Waals surface area contributed by atoms with Gasteiger partial charge in [0.25, 0.3) is 5.56 Å². The molecule has 6 heteroatoms. The lowest BCUT2D eigenvalue weighted by Crippen LogP contribution is -2.19. The van der Waals surface area contributed by atoms with Crippen LogP contribution in [0.4, 0.5) is 0 Å². The number of benzene rings is 1. The SMILES string of the molecule is C#CCn1c(=O)ccc2c(Cl)c(C(=O)O)c(Cl)cc21. The molecule has 2 rings (SSSR count). The molecule has 0 bridgehead atoms. The summed E-state index contributed by atoms with van der Waals surface area (Å²) in [6.45, 7) is 0.0508. The van der Waals surface area contributed by atoms with Crippen LogP contribution in [0.1, 0.15) is 10.4 Å². The van der Waals surface area contributed by atoms with Crippen LogP contribution in [0.3, 0.4) is 0 Å². The molecule has 1 heterocycles. The Hall–Kier alpha value is -1.96. The van der Waals surface area contributed by atoms with E-state index in [1.54, 1.807) is 0 Å². The largest absolute Gasteiger partial charge is 0.478 e. The maximum atomic E-state index is 11.7. The summed E-state index contributed by atoms with van der Waals surface area (Å²) in [5.41, 5.74) is -0.0900. The molecule has 1 aromatic carbocycles. The van der Waals surface area contributed by atoms with E-state index in [-0.39, 0.29) is 27.7 Å². The Balaban J connectivity index is 2.96. The van der Waals surface area contributed by atoms with E-state index in [9.17, 15) is 9.59 Å². The van der Waals surface area contributed by atoms with Crippen molar-refractivity contribution in [1.82, 2.24) is 4.57 Å². The smallest absolute Gasteiger partial charge is 0.338 e. The molecule has 0 aliphatic rings. The summed E-state index contributed by atoms with van der Waals surface area (Å²) >= 11 is 11.9. The summed E-state index contributed by atoms with van der Waals surface area (Å²) in [6.07, 6.45) is 5.20. The van der Waals surface area contributed by atoms with Crippen LogP contribution in [0.15, 0.2) is 23.0 Å². The fourth-order valence-corrected chi connectivity index (χ4v) is 2.49. The quantitative estimate of drug-likeness (QED) is 0.867. The average molecular weight is 296 g/mol. The predicted molar refractivity (Wildman–Crippen MR) is 74.0 cm³/mol. The molecule has 0 saturated heterocycles. The molecule has 4 nitrogen and oxygen atoms in total. The van der Waals surface area contributed by atoms with Crippen LogP contribution in [0, 0.1) is 12.3 Å². The van der Waals surface area contributed by atoms with E-state index in [0.717, 1.165) is 0 Å². The van der Waals surface area contributed by atoms with Crippen molar-refractivity contribution in [3.8, 4) is 12.3 Å². The molecule has 2 aromatic rings. The van der Waals surface area contributed by atoms with Crippen LogP contribution < -0.4 is 5.56 Å². The van der Waals surface area contributed by atoms with Gasteiger partial charge < -0.3 is 5.11 Å². The molecule has 0 spiro atoms. The molecule has 0 radical (unpaired) electrons. The van der Waals surface area contributed by atoms with Gasteiger partial charge in [0.1, 0.15) is 0 Å². The molecule has 19 heavy (non-hydrogen) atoms. The van der Waals surface area contributed by atoms with Crippen molar-refractivity contribution in [1.29, 1.82) is 0 Å². The van der Waals surface area contributed by atoms with Gasteiger partial charge in [-0.15, -0.1) is 6.42 Å². The molecule has 0 atom stereocenters. The zero-order valence-corrected chi connectivity index (χ0v) is 11.0. The lowest BCUT2D eigenvalue weighted by Gasteiger charge is -2.11. The molecular formula is C13H7Cl2NO3. The number of carboxylic acids is 1. The first-order valence-electron chi connectivity index (χ1n) is 5.15. The minimum atomic E-state index is -1.23. The number of halogens is 2. The monoisotopic (exact) mass is 295 g/mol. The summed E-state index contributed by atoms with van der Waals surface area (Å²) in [6, 6.07) is 4.12. The van der Waals surface area contributed by atoms with Gasteiger partial charge in [0, 0.05) is 11.5 Å². The number of aromatic nitrogens is 1. The Morgan fingerprint density at radius 3 is 2.68 bits per heavy atom. The van der Waals surface area contributed by atoms with Crippen molar-refractivity contribution >= 4 is 40.1 Å². The van der Waals surface area contributed by atoms with Gasteiger partial charge >= 0.3 is 5.97 Å². The van der Waals surface area contributed by atoms with Gasteiger partial charge in [-0.05, 0) is 12.1 Å². The molecular weight excluding hydrogens is 289 g/mol. The third-order valence-electron chi connectivity index (χ3n) is 2.65. The maximum Gasteiger partial charge on any atom is 0.338 e. The second kappa shape index (κ2) is 4.96. The number of hydrogen-bond donors (Lipinski definition) is 1. The number of pyridine rings is 1. The van der Waals surface area contributed by atoms with Gasteiger partial charge in [-0.25, -0.2) is 4.79 Å². The molecule has 1 N–H and O–H groups in total. The predicted octanol–water partition coefficient (Wildman–Crippen LogP) is 2.64. The van der Waals surface area contributed by atoms with Crippen LogP contribution in [0.2, 0.25) is 10.0 Å². The van der Waals surface area contributed by atoms with E-state index in [1.165, 1.54) is 22.8 Å². The Bertz CT molecular complexity index is 787. The average Bonchev–Trinajstić information content (AvgIpc) is 2.32. The molecule has 0 unspecified atom stereocenters. The second-order valence-corrected chi connectivity index (χ2v) is 4.53. The third-order valence-corrected chi connectivity index (χ3v) is 3.34. The van der Waals surface area contributed by atoms with Crippen molar-refractivity contribution in [2.24, 2.45) is 0 Å². The highest BCUT2D eigenvalue weighted by Crippen LogP contribution is 2.32. The maximum absolute atomic E-state index is 11.7. The lowest BCUT2D eigenvalue weighted by molar-refractivity contribution is 0.0697. The van der Waals surface area contributed by atoms with Crippen molar-refractivity contribution < 1.29 is 9.90 Å². The number of aromatic carboxylic acids is 1. The summed E-state index contributed by atoms with van der Waals surface area (Å²) in [5, 5.41) is 9.42. The first kappa shape index (κ1) is 13.5. The number of hydrogen-bond acceptors (Lipinski definition) is 2. The van der Waals surface area contributed by atoms with E-state index in [0.29, 0.717) is 10.9 Å². The van der Waals surface area contributed by atoms with Crippen LogP contribution in [-0.4, -0.2) is 15.6 Å². The molecule has 0 saturated carbocycles. The standard InChI is InChI=1S/C13H7Cl2NO3/c1-2-5-16-9-6-8(14)11(13(18)19)12(15)7(9)3-4-10(16)17/h1,3-4,6H,5H2,(H,18,19). The van der Waals surface area contributed by atoms with Crippen LogP contribution >= 0.6 is 23.2 Å². The number of carboxylic acid groups (broad SMARTS) is 1. The van der Waals surface area contributed by atoms with Gasteiger partial charge in [0.05, 0.1) is 27.7 Å². The second-order valence-electron chi connectivity index (χ2n) is 3.75. The van der Waals surface area contributed by atoms with Crippen molar-refractivity contribution in [3.63, 3.8) is 0 Å². The normalized spacial score (nSPS) is 10.4. The van der Waals surface area contributed by atoms with E-state index in [1.807, 2.05) is 0 Å². The summed E-state index contributed by atoms with van der Waals surface area (Å²) < 4.78 is 1.30. The number of carbonyl (C=O) groups is 1. The Morgan fingerprint density at radius 2 is 2.11 bits per heavy atom.